The van der Waals surface area contributed by atoms with Crippen LogP contribution in [0.1, 0.15) is 52.9 Å². The first kappa shape index (κ1) is 22.2. The van der Waals surface area contributed by atoms with Gasteiger partial charge in [-0.25, -0.2) is 4.79 Å². The average Bonchev–Trinajstić information content (AvgIpc) is 2.67. The molecule has 1 N–H and O–H groups in total. The van der Waals surface area contributed by atoms with E-state index in [0.29, 0.717) is 17.6 Å². The van der Waals surface area contributed by atoms with Crippen LogP contribution in [-0.4, -0.2) is 28.7 Å². The third-order valence-corrected chi connectivity index (χ3v) is 6.78. The Morgan fingerprint density at radius 2 is 1.77 bits per heavy atom. The van der Waals surface area contributed by atoms with Crippen LogP contribution in [0.15, 0.2) is 47.1 Å². The van der Waals surface area contributed by atoms with Gasteiger partial charge in [-0.05, 0) is 56.5 Å². The smallest absolute Gasteiger partial charge is 0.342 e. The van der Waals surface area contributed by atoms with Crippen LogP contribution >= 0.6 is 11.8 Å². The van der Waals surface area contributed by atoms with Crippen LogP contribution in [0.2, 0.25) is 0 Å². The van der Waals surface area contributed by atoms with Gasteiger partial charge < -0.3 is 9.84 Å². The number of esters is 1. The number of benzene rings is 2. The molecular weight excluding hydrogens is 396 g/mol. The Labute approximate surface area is 182 Å². The summed E-state index contributed by atoms with van der Waals surface area (Å²) < 4.78 is 5.75. The first-order valence-corrected chi connectivity index (χ1v) is 11.1. The van der Waals surface area contributed by atoms with Gasteiger partial charge in [0.1, 0.15) is 17.4 Å². The van der Waals surface area contributed by atoms with E-state index in [1.54, 1.807) is 18.7 Å². The topological polar surface area (TPSA) is 63.6 Å². The van der Waals surface area contributed by atoms with E-state index in [2.05, 4.69) is 0 Å². The molecule has 1 aliphatic rings. The summed E-state index contributed by atoms with van der Waals surface area (Å²) in [5.41, 5.74) is 4.80. The maximum atomic E-state index is 12.8. The third-order valence-electron chi connectivity index (χ3n) is 5.48. The summed E-state index contributed by atoms with van der Waals surface area (Å²) in [5, 5.41) is 10.7. The summed E-state index contributed by atoms with van der Waals surface area (Å²) in [6.45, 7) is 9.49. The number of hydrogen-bond acceptors (Lipinski definition) is 5. The lowest BCUT2D eigenvalue weighted by atomic mass is 9.89. The van der Waals surface area contributed by atoms with Crippen LogP contribution in [0, 0.1) is 26.7 Å². The zero-order valence-electron chi connectivity index (χ0n) is 18.1. The molecular formula is C25H28O4S. The molecule has 0 bridgehead atoms. The van der Waals surface area contributed by atoms with Crippen molar-refractivity contribution >= 4 is 29.1 Å². The molecule has 158 valence electrons. The number of carbonyl (C=O) groups excluding carboxylic acids is 2. The van der Waals surface area contributed by atoms with Crippen molar-refractivity contribution in [3.8, 4) is 0 Å². The predicted molar refractivity (Wildman–Crippen MR) is 121 cm³/mol. The van der Waals surface area contributed by atoms with Crippen molar-refractivity contribution in [1.82, 2.24) is 0 Å². The van der Waals surface area contributed by atoms with E-state index < -0.39 is 5.97 Å². The van der Waals surface area contributed by atoms with Gasteiger partial charge in [-0.2, -0.15) is 0 Å². The number of carbonyl (C=O) groups is 2. The third kappa shape index (κ3) is 4.78. The van der Waals surface area contributed by atoms with Crippen LogP contribution in [0.4, 0.5) is 0 Å². The molecule has 5 heteroatoms. The average molecular weight is 425 g/mol. The van der Waals surface area contributed by atoms with Crippen molar-refractivity contribution < 1.29 is 19.4 Å². The zero-order chi connectivity index (χ0) is 22.0. The maximum Gasteiger partial charge on any atom is 0.342 e. The van der Waals surface area contributed by atoms with Crippen molar-refractivity contribution in [2.24, 2.45) is 5.92 Å². The van der Waals surface area contributed by atoms with Crippen LogP contribution in [-0.2, 0) is 9.53 Å². The number of aryl methyl sites for hydroxylation is 3. The molecule has 0 saturated heterocycles. The second-order valence-electron chi connectivity index (χ2n) is 8.11. The van der Waals surface area contributed by atoms with Gasteiger partial charge in [0.05, 0.1) is 0 Å². The van der Waals surface area contributed by atoms with E-state index in [-0.39, 0.29) is 23.6 Å². The molecule has 4 nitrogen and oxygen atoms in total. The highest BCUT2D eigenvalue weighted by atomic mass is 32.2. The van der Waals surface area contributed by atoms with Crippen LogP contribution < -0.4 is 0 Å². The summed E-state index contributed by atoms with van der Waals surface area (Å²) in [5.74, 6) is 0.500. The quantitative estimate of drug-likeness (QED) is 0.359. The second-order valence-corrected chi connectivity index (χ2v) is 9.21. The number of aliphatic hydroxyl groups is 1. The predicted octanol–water partition coefficient (Wildman–Crippen LogP) is 5.83. The molecule has 0 amide bonds. The van der Waals surface area contributed by atoms with Crippen LogP contribution in [0.5, 0.6) is 0 Å². The molecule has 0 radical (unpaired) electrons. The highest BCUT2D eigenvalue weighted by molar-refractivity contribution is 7.99. The monoisotopic (exact) mass is 424 g/mol. The van der Waals surface area contributed by atoms with Gasteiger partial charge in [0.25, 0.3) is 0 Å². The van der Waals surface area contributed by atoms with Crippen molar-refractivity contribution in [2.45, 2.75) is 52.0 Å². The molecule has 30 heavy (non-hydrogen) atoms. The molecule has 2 unspecified atom stereocenters. The van der Waals surface area contributed by atoms with Gasteiger partial charge in [0.15, 0.2) is 5.78 Å². The first-order chi connectivity index (χ1) is 14.2. The van der Waals surface area contributed by atoms with E-state index in [1.807, 2.05) is 64.1 Å². The molecule has 2 atom stereocenters. The van der Waals surface area contributed by atoms with Crippen molar-refractivity contribution in [2.75, 3.05) is 5.75 Å². The first-order valence-electron chi connectivity index (χ1n) is 10.1. The van der Waals surface area contributed by atoms with Crippen LogP contribution in [0.25, 0.3) is 5.57 Å². The molecule has 0 aliphatic carbocycles. The minimum absolute atomic E-state index is 0.0474. The number of hydrogen-bond donors (Lipinski definition) is 1. The highest BCUT2D eigenvalue weighted by Crippen LogP contribution is 2.35. The van der Waals surface area contributed by atoms with Gasteiger partial charge in [-0.3, -0.25) is 4.79 Å². The van der Waals surface area contributed by atoms with Gasteiger partial charge in [-0.1, -0.05) is 36.8 Å². The molecule has 2 aromatic carbocycles. The van der Waals surface area contributed by atoms with Crippen molar-refractivity contribution in [1.29, 1.82) is 0 Å². The summed E-state index contributed by atoms with van der Waals surface area (Å²) in [4.78, 5) is 25.3. The number of ketones is 1. The lowest BCUT2D eigenvalue weighted by molar-refractivity contribution is -0.145. The minimum atomic E-state index is -0.457. The number of rotatable bonds is 6. The van der Waals surface area contributed by atoms with Gasteiger partial charge >= 0.3 is 5.97 Å². The molecule has 0 spiro atoms. The number of cyclic esters (lactones) is 1. The van der Waals surface area contributed by atoms with E-state index in [0.717, 1.165) is 32.9 Å². The number of ether oxygens (including phenoxy) is 1. The second kappa shape index (κ2) is 9.09. The molecule has 1 heterocycles. The molecule has 0 aromatic heterocycles. The van der Waals surface area contributed by atoms with E-state index in [9.17, 15) is 14.7 Å². The van der Waals surface area contributed by atoms with E-state index >= 15 is 0 Å². The van der Waals surface area contributed by atoms with Crippen LogP contribution in [0.3, 0.4) is 0 Å². The Balaban J connectivity index is 1.71. The van der Waals surface area contributed by atoms with Gasteiger partial charge in [-0.15, -0.1) is 11.8 Å². The Morgan fingerprint density at radius 3 is 2.30 bits per heavy atom. The van der Waals surface area contributed by atoms with Crippen molar-refractivity contribution in [3.63, 3.8) is 0 Å². The molecule has 2 aromatic rings. The fourth-order valence-electron chi connectivity index (χ4n) is 3.91. The Hall–Kier alpha value is -2.53. The molecule has 3 rings (SSSR count). The summed E-state index contributed by atoms with van der Waals surface area (Å²) >= 11 is 1.65. The summed E-state index contributed by atoms with van der Waals surface area (Å²) in [6, 6.07) is 11.5. The fraction of sp³-hybridized carbons (Fsp3) is 0.360. The standard InChI is InChI=1S/C25H28O4S/c1-14-10-15(2)23(16(3)11-14)24-21(27)12-22(29-25(24)28)17(4)13-30-20-8-6-19(7-9-20)18(5)26/h6-11,17,22,27H,12-13H2,1-5H3. The zero-order valence-corrected chi connectivity index (χ0v) is 18.9. The molecule has 0 fully saturated rings. The highest BCUT2D eigenvalue weighted by Gasteiger charge is 2.34. The van der Waals surface area contributed by atoms with Gasteiger partial charge in [0.2, 0.25) is 0 Å². The lowest BCUT2D eigenvalue weighted by Crippen LogP contribution is -2.32. The summed E-state index contributed by atoms with van der Waals surface area (Å²) in [7, 11) is 0. The number of thioether (sulfide) groups is 1. The lowest BCUT2D eigenvalue weighted by Gasteiger charge is -2.29. The SMILES string of the molecule is CC(=O)c1ccc(SCC(C)C2CC(O)=C(c3c(C)cc(C)cc3C)C(=O)O2)cc1. The van der Waals surface area contributed by atoms with Crippen molar-refractivity contribution in [3.05, 3.63) is 70.0 Å². The van der Waals surface area contributed by atoms with E-state index in [4.69, 9.17) is 4.74 Å². The summed E-state index contributed by atoms with van der Waals surface area (Å²) in [6.07, 6.45) is -0.0462. The Morgan fingerprint density at radius 1 is 1.17 bits per heavy atom. The van der Waals surface area contributed by atoms with E-state index in [1.165, 1.54) is 0 Å². The minimum Gasteiger partial charge on any atom is -0.511 e. The number of Topliss-reactive ketones (excluding diaryl/α,β-unsaturated/α-hetero) is 1. The Bertz CT molecular complexity index is 981. The fourth-order valence-corrected chi connectivity index (χ4v) is 4.91. The largest absolute Gasteiger partial charge is 0.511 e. The Kier molecular flexibility index (Phi) is 6.71. The maximum absolute atomic E-state index is 12.8. The molecule has 0 saturated carbocycles. The normalized spacial score (nSPS) is 17.6. The molecule has 1 aliphatic heterocycles. The number of aliphatic hydroxyl groups excluding tert-OH is 1. The van der Waals surface area contributed by atoms with Gasteiger partial charge in [0, 0.05) is 28.6 Å².